The van der Waals surface area contributed by atoms with Crippen LogP contribution in [-0.2, 0) is 0 Å². The highest BCUT2D eigenvalue weighted by atomic mass is 32.1. The van der Waals surface area contributed by atoms with E-state index in [0.717, 1.165) is 27.5 Å². The van der Waals surface area contributed by atoms with Gasteiger partial charge in [0.2, 0.25) is 4.96 Å². The van der Waals surface area contributed by atoms with Crippen molar-refractivity contribution in [1.82, 2.24) is 18.7 Å². The number of benzene rings is 1. The van der Waals surface area contributed by atoms with Crippen molar-refractivity contribution < 1.29 is 0 Å². The van der Waals surface area contributed by atoms with Gasteiger partial charge in [0.05, 0.1) is 22.9 Å². The Balaban J connectivity index is 2.06. The molecule has 5 nitrogen and oxygen atoms in total. The molecule has 3 heterocycles. The van der Waals surface area contributed by atoms with Gasteiger partial charge in [-0.25, -0.2) is 4.98 Å². The molecule has 0 amide bonds. The van der Waals surface area contributed by atoms with Gasteiger partial charge >= 0.3 is 0 Å². The number of nitrogens with two attached hydrogens (primary N) is 1. The van der Waals surface area contributed by atoms with E-state index >= 15 is 0 Å². The Hall–Kier alpha value is -2.47. The van der Waals surface area contributed by atoms with E-state index in [0.29, 0.717) is 5.69 Å². The molecular weight excluding hydrogens is 258 g/mol. The molecule has 0 unspecified atom stereocenters. The van der Waals surface area contributed by atoms with Crippen molar-refractivity contribution in [1.29, 1.82) is 0 Å². The Morgan fingerprint density at radius 3 is 2.84 bits per heavy atom. The van der Waals surface area contributed by atoms with E-state index in [1.54, 1.807) is 6.20 Å². The molecule has 2 N–H and O–H groups in total. The van der Waals surface area contributed by atoms with Gasteiger partial charge in [0.1, 0.15) is 5.69 Å². The average molecular weight is 267 g/mol. The summed E-state index contributed by atoms with van der Waals surface area (Å²) in [5.41, 5.74) is 9.11. The Labute approximate surface area is 112 Å². The van der Waals surface area contributed by atoms with Gasteiger partial charge in [-0.3, -0.25) is 9.38 Å². The van der Waals surface area contributed by atoms with Gasteiger partial charge in [-0.15, -0.1) is 0 Å². The van der Waals surface area contributed by atoms with Crippen LogP contribution in [0.5, 0.6) is 0 Å². The zero-order valence-electron chi connectivity index (χ0n) is 9.82. The third-order valence-electron chi connectivity index (χ3n) is 2.97. The summed E-state index contributed by atoms with van der Waals surface area (Å²) in [6.07, 6.45) is 1.64. The largest absolute Gasteiger partial charge is 0.397 e. The minimum absolute atomic E-state index is 0.644. The molecule has 0 atom stereocenters. The number of hydrogen-bond acceptors (Lipinski definition) is 5. The lowest BCUT2D eigenvalue weighted by Crippen LogP contribution is -1.92. The molecule has 0 aliphatic heterocycles. The van der Waals surface area contributed by atoms with E-state index in [1.807, 2.05) is 40.8 Å². The Morgan fingerprint density at radius 2 is 2.00 bits per heavy atom. The van der Waals surface area contributed by atoms with Crippen molar-refractivity contribution in [2.24, 2.45) is 0 Å². The van der Waals surface area contributed by atoms with Gasteiger partial charge in [-0.05, 0) is 24.3 Å². The monoisotopic (exact) mass is 267 g/mol. The average Bonchev–Trinajstić information content (AvgIpc) is 2.98. The second-order valence-corrected chi connectivity index (χ2v) is 4.93. The molecule has 0 fully saturated rings. The molecule has 0 bridgehead atoms. The van der Waals surface area contributed by atoms with E-state index in [1.165, 1.54) is 11.5 Å². The Morgan fingerprint density at radius 1 is 1.11 bits per heavy atom. The lowest BCUT2D eigenvalue weighted by Gasteiger charge is -1.99. The number of nitrogens with zero attached hydrogens (tertiary/aromatic N) is 4. The molecule has 0 saturated carbocycles. The summed E-state index contributed by atoms with van der Waals surface area (Å²) in [4.78, 5) is 9.74. The molecule has 0 aliphatic rings. The van der Waals surface area contributed by atoms with Crippen LogP contribution in [0, 0.1) is 0 Å². The summed E-state index contributed by atoms with van der Waals surface area (Å²) >= 11 is 1.37. The first kappa shape index (κ1) is 10.5. The standard InChI is InChI=1S/C13H9N5S/c14-8-5-6-10(15-7-8)12-17-19-13-16-9-3-1-2-4-11(9)18(12)13/h1-7H,14H2. The quantitative estimate of drug-likeness (QED) is 0.575. The molecule has 19 heavy (non-hydrogen) atoms. The summed E-state index contributed by atoms with van der Waals surface area (Å²) in [5, 5.41) is 0. The normalized spacial score (nSPS) is 11.4. The number of anilines is 1. The fourth-order valence-corrected chi connectivity index (χ4v) is 2.84. The summed E-state index contributed by atoms with van der Waals surface area (Å²) in [6.45, 7) is 0. The highest BCUT2D eigenvalue weighted by Gasteiger charge is 2.13. The maximum atomic E-state index is 5.66. The first-order valence-corrected chi connectivity index (χ1v) is 6.55. The van der Waals surface area contributed by atoms with Crippen LogP contribution in [0.2, 0.25) is 0 Å². The highest BCUT2D eigenvalue weighted by Crippen LogP contribution is 2.26. The van der Waals surface area contributed by atoms with Crippen molar-refractivity contribution in [3.05, 3.63) is 42.6 Å². The van der Waals surface area contributed by atoms with Gasteiger partial charge in [0.15, 0.2) is 5.82 Å². The van der Waals surface area contributed by atoms with Crippen LogP contribution in [0.1, 0.15) is 0 Å². The second-order valence-electron chi connectivity index (χ2n) is 4.20. The van der Waals surface area contributed by atoms with Crippen molar-refractivity contribution in [3.63, 3.8) is 0 Å². The van der Waals surface area contributed by atoms with E-state index in [-0.39, 0.29) is 0 Å². The summed E-state index contributed by atoms with van der Waals surface area (Å²) in [6, 6.07) is 11.7. The van der Waals surface area contributed by atoms with E-state index < -0.39 is 0 Å². The van der Waals surface area contributed by atoms with Crippen LogP contribution in [-0.4, -0.2) is 18.7 Å². The molecule has 0 spiro atoms. The summed E-state index contributed by atoms with van der Waals surface area (Å²) < 4.78 is 6.47. The van der Waals surface area contributed by atoms with Crippen LogP contribution in [0.25, 0.3) is 27.5 Å². The van der Waals surface area contributed by atoms with E-state index in [9.17, 15) is 0 Å². The summed E-state index contributed by atoms with van der Waals surface area (Å²) in [5.74, 6) is 0.800. The maximum absolute atomic E-state index is 5.66. The fraction of sp³-hybridized carbons (Fsp3) is 0. The topological polar surface area (TPSA) is 69.1 Å². The first-order chi connectivity index (χ1) is 9.33. The van der Waals surface area contributed by atoms with Crippen LogP contribution in [0.3, 0.4) is 0 Å². The molecule has 6 heteroatoms. The molecule has 4 aromatic rings. The van der Waals surface area contributed by atoms with Crippen molar-refractivity contribution >= 4 is 33.2 Å². The fourth-order valence-electron chi connectivity index (χ4n) is 2.09. The molecule has 1 aromatic carbocycles. The second kappa shape index (κ2) is 3.76. The van der Waals surface area contributed by atoms with Gasteiger partial charge < -0.3 is 5.73 Å². The van der Waals surface area contributed by atoms with Crippen molar-refractivity contribution in [2.75, 3.05) is 5.73 Å². The number of hydrogen-bond donors (Lipinski definition) is 1. The minimum Gasteiger partial charge on any atom is -0.397 e. The number of fused-ring (bicyclic) bond motifs is 3. The van der Waals surface area contributed by atoms with Gasteiger partial charge in [-0.1, -0.05) is 12.1 Å². The Bertz CT molecular complexity index is 875. The van der Waals surface area contributed by atoms with Gasteiger partial charge in [0.25, 0.3) is 0 Å². The molecule has 4 rings (SSSR count). The van der Waals surface area contributed by atoms with Crippen molar-refractivity contribution in [2.45, 2.75) is 0 Å². The summed E-state index contributed by atoms with van der Waals surface area (Å²) in [7, 11) is 0. The molecule has 3 aromatic heterocycles. The van der Waals surface area contributed by atoms with Crippen LogP contribution in [0.15, 0.2) is 42.6 Å². The van der Waals surface area contributed by atoms with Crippen LogP contribution >= 0.6 is 11.5 Å². The number of pyridine rings is 1. The van der Waals surface area contributed by atoms with Crippen molar-refractivity contribution in [3.8, 4) is 11.5 Å². The number of aromatic nitrogens is 4. The number of nitrogen functional groups attached to an aromatic ring is 1. The predicted octanol–water partition coefficient (Wildman–Crippen LogP) is 2.59. The molecule has 92 valence electrons. The number of rotatable bonds is 1. The highest BCUT2D eigenvalue weighted by molar-refractivity contribution is 7.11. The predicted molar refractivity (Wildman–Crippen MR) is 76.0 cm³/mol. The van der Waals surface area contributed by atoms with Crippen LogP contribution < -0.4 is 5.73 Å². The van der Waals surface area contributed by atoms with Gasteiger partial charge in [0, 0.05) is 11.5 Å². The lowest BCUT2D eigenvalue weighted by atomic mass is 10.3. The SMILES string of the molecule is Nc1ccc(-c2nsc3nc4ccccc4n23)nc1. The number of para-hydroxylation sites is 2. The van der Waals surface area contributed by atoms with Crippen LogP contribution in [0.4, 0.5) is 5.69 Å². The molecule has 0 radical (unpaired) electrons. The third-order valence-corrected chi connectivity index (χ3v) is 3.67. The maximum Gasteiger partial charge on any atom is 0.214 e. The Kier molecular flexibility index (Phi) is 2.07. The van der Waals surface area contributed by atoms with Gasteiger partial charge in [-0.2, -0.15) is 4.37 Å². The smallest absolute Gasteiger partial charge is 0.214 e. The molecule has 0 saturated heterocycles. The number of imidazole rings is 1. The zero-order chi connectivity index (χ0) is 12.8. The minimum atomic E-state index is 0.644. The molecule has 0 aliphatic carbocycles. The first-order valence-electron chi connectivity index (χ1n) is 5.78. The van der Waals surface area contributed by atoms with E-state index in [4.69, 9.17) is 5.73 Å². The molecular formula is C13H9N5S. The zero-order valence-corrected chi connectivity index (χ0v) is 10.6. The van der Waals surface area contributed by atoms with E-state index in [2.05, 4.69) is 14.3 Å². The third kappa shape index (κ3) is 1.50. The lowest BCUT2D eigenvalue weighted by molar-refractivity contribution is 1.18.